The Kier molecular flexibility index (Phi) is 7.03. The second kappa shape index (κ2) is 9.77. The minimum absolute atomic E-state index is 0.117. The van der Waals surface area contributed by atoms with Gasteiger partial charge in [-0.15, -0.1) is 0 Å². The number of hydrogen-bond acceptors (Lipinski definition) is 8. The predicted molar refractivity (Wildman–Crippen MR) is 161 cm³/mol. The molecular weight excluding hydrogens is 478 g/mol. The van der Waals surface area contributed by atoms with E-state index in [1.807, 2.05) is 75.8 Å². The van der Waals surface area contributed by atoms with Gasteiger partial charge >= 0.3 is 7.12 Å². The van der Waals surface area contributed by atoms with Gasteiger partial charge in [0.2, 0.25) is 0 Å². The number of rotatable bonds is 6. The number of pyridine rings is 2. The van der Waals surface area contributed by atoms with Gasteiger partial charge in [0, 0.05) is 37.3 Å². The Hall–Kier alpha value is -2.20. The largest absolute Gasteiger partial charge is 0.496 e. The normalized spacial score (nSPS) is 23.9. The molecule has 3 saturated heterocycles. The van der Waals surface area contributed by atoms with E-state index in [4.69, 9.17) is 14.0 Å². The molecule has 13 heteroatoms. The van der Waals surface area contributed by atoms with Crippen LogP contribution in [0.1, 0.15) is 34.6 Å². The molecule has 9 nitrogen and oxygen atoms in total. The summed E-state index contributed by atoms with van der Waals surface area (Å²) >= 11 is 0. The highest BCUT2D eigenvalue weighted by molar-refractivity contribution is 6.62. The van der Waals surface area contributed by atoms with Crippen LogP contribution >= 0.6 is 0 Å². The molecule has 5 heterocycles. The van der Waals surface area contributed by atoms with E-state index in [-0.39, 0.29) is 5.56 Å². The standard InChI is InChI=1S/C25H39B4N5O4/c1-16-12-32(19-14-36-15-19)8-9-33(16)18-6-7-21(30-11-18)31-20-10-17(13-34(22(20)35)25(26,27)28)29-37-23(2,3)24(4,5)38-29/h6-7,10-11,13,16,19H,8-9,12,14-15,26-28H2,1-5H3,(H,30,31)/t16-/m0/s1. The third-order valence-electron chi connectivity index (χ3n) is 8.42. The summed E-state index contributed by atoms with van der Waals surface area (Å²) in [4.78, 5) is 23.1. The number of piperazine rings is 1. The van der Waals surface area contributed by atoms with Gasteiger partial charge in [-0.25, -0.2) is 4.98 Å². The summed E-state index contributed by atoms with van der Waals surface area (Å²) in [7, 11) is 5.46. The van der Waals surface area contributed by atoms with E-state index in [0.29, 0.717) is 23.6 Å². The fourth-order valence-corrected chi connectivity index (χ4v) is 5.20. The first-order valence-corrected chi connectivity index (χ1v) is 13.7. The van der Waals surface area contributed by atoms with Crippen LogP contribution in [0.4, 0.5) is 17.2 Å². The number of hydrogen-bond donors (Lipinski definition) is 1. The number of nitrogens with one attached hydrogen (secondary N) is 1. The van der Waals surface area contributed by atoms with Crippen LogP contribution in [0.15, 0.2) is 35.4 Å². The van der Waals surface area contributed by atoms with E-state index >= 15 is 0 Å². The molecule has 0 spiro atoms. The highest BCUT2D eigenvalue weighted by Gasteiger charge is 2.52. The second-order valence-corrected chi connectivity index (χ2v) is 12.9. The summed E-state index contributed by atoms with van der Waals surface area (Å²) in [6.07, 6.45) is 3.74. The maximum absolute atomic E-state index is 13.5. The summed E-state index contributed by atoms with van der Waals surface area (Å²) < 4.78 is 19.7. The Morgan fingerprint density at radius 1 is 1.11 bits per heavy atom. The third kappa shape index (κ3) is 5.18. The van der Waals surface area contributed by atoms with Crippen molar-refractivity contribution in [2.24, 2.45) is 0 Å². The topological polar surface area (TPSA) is 81.1 Å². The van der Waals surface area contributed by atoms with Crippen molar-refractivity contribution in [2.45, 2.75) is 63.1 Å². The van der Waals surface area contributed by atoms with E-state index in [9.17, 15) is 4.79 Å². The summed E-state index contributed by atoms with van der Waals surface area (Å²) in [5.41, 5.74) is 1.26. The molecule has 0 bridgehead atoms. The van der Waals surface area contributed by atoms with Crippen LogP contribution < -0.4 is 21.2 Å². The molecule has 3 aliphatic heterocycles. The van der Waals surface area contributed by atoms with E-state index in [2.05, 4.69) is 33.1 Å². The maximum atomic E-state index is 13.5. The maximum Gasteiger partial charge on any atom is 0.496 e. The molecule has 0 aliphatic carbocycles. The lowest BCUT2D eigenvalue weighted by atomic mass is 9.49. The van der Waals surface area contributed by atoms with E-state index in [1.54, 1.807) is 4.57 Å². The molecule has 38 heavy (non-hydrogen) atoms. The van der Waals surface area contributed by atoms with Crippen LogP contribution in [0.25, 0.3) is 0 Å². The molecule has 0 aromatic carbocycles. The minimum atomic E-state index is -0.572. The SMILES string of the molecule is BC(B)(B)n1cc(B2OC(C)(C)C(C)(C)O2)cc(Nc2ccc(N3CCN(C4COC4)C[C@@H]3C)cn2)c1=O. The van der Waals surface area contributed by atoms with E-state index in [1.165, 1.54) is 0 Å². The zero-order valence-electron chi connectivity index (χ0n) is 24.1. The van der Waals surface area contributed by atoms with Crippen molar-refractivity contribution in [2.75, 3.05) is 43.1 Å². The lowest BCUT2D eigenvalue weighted by Crippen LogP contribution is -2.59. The van der Waals surface area contributed by atoms with Gasteiger partial charge < -0.3 is 28.8 Å². The molecule has 0 radical (unpaired) electrons. The highest BCUT2D eigenvalue weighted by atomic mass is 16.7. The molecule has 0 saturated carbocycles. The fraction of sp³-hybridized carbons (Fsp3) is 0.600. The average molecular weight is 517 g/mol. The molecule has 1 N–H and O–H groups in total. The van der Waals surface area contributed by atoms with E-state index in [0.717, 1.165) is 44.0 Å². The molecule has 2 aromatic rings. The number of ether oxygens (including phenoxy) is 1. The Bertz CT molecular complexity index is 1210. The average Bonchev–Trinajstić information content (AvgIpc) is 3.01. The number of aromatic nitrogens is 2. The molecule has 3 fully saturated rings. The molecule has 200 valence electrons. The first kappa shape index (κ1) is 27.4. The first-order valence-electron chi connectivity index (χ1n) is 13.7. The quantitative estimate of drug-likeness (QED) is 0.473. The van der Waals surface area contributed by atoms with Crippen molar-refractivity contribution < 1.29 is 14.0 Å². The van der Waals surface area contributed by atoms with Gasteiger partial charge in [-0.2, -0.15) is 0 Å². The number of anilines is 3. The molecule has 5 rings (SSSR count). The van der Waals surface area contributed by atoms with Crippen molar-refractivity contribution in [1.29, 1.82) is 0 Å². The van der Waals surface area contributed by atoms with Crippen molar-refractivity contribution in [3.8, 4) is 0 Å². The summed E-state index contributed by atoms with van der Waals surface area (Å²) in [5.74, 6) is 0.621. The Morgan fingerprint density at radius 2 is 1.79 bits per heavy atom. The molecule has 3 aliphatic rings. The predicted octanol–water partition coefficient (Wildman–Crippen LogP) is -1.34. The van der Waals surface area contributed by atoms with Crippen molar-refractivity contribution in [3.63, 3.8) is 0 Å². The third-order valence-corrected chi connectivity index (χ3v) is 8.42. The van der Waals surface area contributed by atoms with Crippen LogP contribution in [0.2, 0.25) is 0 Å². The monoisotopic (exact) mass is 517 g/mol. The summed E-state index contributed by atoms with van der Waals surface area (Å²) in [6, 6.07) is 6.80. The number of nitrogens with zero attached hydrogens (tertiary/aromatic N) is 4. The van der Waals surface area contributed by atoms with E-state index < -0.39 is 23.6 Å². The van der Waals surface area contributed by atoms with Crippen LogP contribution in [-0.2, 0) is 19.3 Å². The highest BCUT2D eigenvalue weighted by Crippen LogP contribution is 2.36. The molecule has 0 amide bonds. The minimum Gasteiger partial charge on any atom is -0.399 e. The first-order chi connectivity index (χ1) is 17.7. The van der Waals surface area contributed by atoms with Crippen molar-refractivity contribution >= 4 is 53.3 Å². The van der Waals surface area contributed by atoms with Crippen LogP contribution in [0, 0.1) is 0 Å². The van der Waals surface area contributed by atoms with Crippen molar-refractivity contribution in [3.05, 3.63) is 40.9 Å². The second-order valence-electron chi connectivity index (χ2n) is 12.9. The lowest BCUT2D eigenvalue weighted by molar-refractivity contribution is -0.0691. The van der Waals surface area contributed by atoms with Crippen LogP contribution in [0.5, 0.6) is 0 Å². The lowest BCUT2D eigenvalue weighted by Gasteiger charge is -2.46. The molecule has 0 unspecified atom stereocenters. The van der Waals surface area contributed by atoms with Crippen LogP contribution in [0.3, 0.4) is 0 Å². The van der Waals surface area contributed by atoms with Gasteiger partial charge in [0.1, 0.15) is 35.0 Å². The van der Waals surface area contributed by atoms with Gasteiger partial charge in [0.25, 0.3) is 5.56 Å². The molecular formula is C25H39B4N5O4. The van der Waals surface area contributed by atoms with Gasteiger partial charge in [0.15, 0.2) is 0 Å². The van der Waals surface area contributed by atoms with Gasteiger partial charge in [-0.1, -0.05) is 0 Å². The Labute approximate surface area is 229 Å². The van der Waals surface area contributed by atoms with Gasteiger partial charge in [0.05, 0.1) is 42.3 Å². The zero-order chi connectivity index (χ0) is 27.5. The summed E-state index contributed by atoms with van der Waals surface area (Å²) in [6.45, 7) is 15.1. The fourth-order valence-electron chi connectivity index (χ4n) is 5.20. The zero-order valence-corrected chi connectivity index (χ0v) is 24.1. The molecule has 2 aromatic heterocycles. The van der Waals surface area contributed by atoms with Gasteiger partial charge in [-0.05, 0) is 58.1 Å². The smallest absolute Gasteiger partial charge is 0.399 e. The Balaban J connectivity index is 1.36. The summed E-state index contributed by atoms with van der Waals surface area (Å²) in [5, 5.41) is 2.85. The Morgan fingerprint density at radius 3 is 2.32 bits per heavy atom. The van der Waals surface area contributed by atoms with Crippen molar-refractivity contribution in [1.82, 2.24) is 14.5 Å². The molecule has 1 atom stereocenters. The van der Waals surface area contributed by atoms with Crippen LogP contribution in [-0.4, -0.2) is 101 Å². The van der Waals surface area contributed by atoms with Gasteiger partial charge in [-0.3, -0.25) is 9.69 Å².